The van der Waals surface area contributed by atoms with Crippen molar-refractivity contribution in [2.75, 3.05) is 0 Å². The minimum Gasteiger partial charge on any atom is -0.508 e. The molecule has 0 saturated heterocycles. The molecule has 0 bridgehead atoms. The topological polar surface area (TPSA) is 67.2 Å². The number of hydrogen-bond acceptors (Lipinski definition) is 3. The third kappa shape index (κ3) is 3.34. The van der Waals surface area contributed by atoms with Gasteiger partial charge in [0, 0.05) is 30.9 Å². The van der Waals surface area contributed by atoms with Crippen molar-refractivity contribution in [2.24, 2.45) is 7.05 Å². The van der Waals surface area contributed by atoms with Gasteiger partial charge in [-0.2, -0.15) is 5.10 Å². The highest BCUT2D eigenvalue weighted by Gasteiger charge is 2.08. The van der Waals surface area contributed by atoms with Gasteiger partial charge in [-0.3, -0.25) is 9.48 Å². The van der Waals surface area contributed by atoms with Gasteiger partial charge < -0.3 is 10.4 Å². The molecule has 0 radical (unpaired) electrons. The molecule has 2 rings (SSSR count). The van der Waals surface area contributed by atoms with Crippen LogP contribution in [-0.2, 0) is 24.8 Å². The number of phenols is 1. The van der Waals surface area contributed by atoms with Crippen molar-refractivity contribution < 1.29 is 9.90 Å². The molecule has 0 unspecified atom stereocenters. The van der Waals surface area contributed by atoms with Crippen molar-refractivity contribution in [3.63, 3.8) is 0 Å². The number of aryl methyl sites for hydroxylation is 2. The number of rotatable bonds is 4. The molecule has 1 heterocycles. The highest BCUT2D eigenvalue weighted by atomic mass is 16.3. The summed E-state index contributed by atoms with van der Waals surface area (Å²) in [6.07, 6.45) is 2.06. The highest BCUT2D eigenvalue weighted by Crippen LogP contribution is 2.15. The fraction of sp³-hybridized carbons (Fsp3) is 0.286. The zero-order chi connectivity index (χ0) is 13.8. The van der Waals surface area contributed by atoms with Gasteiger partial charge in [0.15, 0.2) is 0 Å². The summed E-state index contributed by atoms with van der Waals surface area (Å²) in [6.45, 7) is 2.36. The molecule has 0 atom stereocenters. The summed E-state index contributed by atoms with van der Waals surface area (Å²) in [6, 6.07) is 6.85. The van der Waals surface area contributed by atoms with E-state index in [1.807, 2.05) is 20.2 Å². The second-order valence-electron chi connectivity index (χ2n) is 4.50. The normalized spacial score (nSPS) is 10.4. The third-order valence-corrected chi connectivity index (χ3v) is 2.93. The van der Waals surface area contributed by atoms with E-state index in [0.717, 1.165) is 11.3 Å². The molecule has 5 heteroatoms. The Bertz CT molecular complexity index is 590. The van der Waals surface area contributed by atoms with E-state index in [4.69, 9.17) is 0 Å². The Hall–Kier alpha value is -2.30. The number of phenolic OH excluding ortho intramolecular Hbond substituents is 1. The lowest BCUT2D eigenvalue weighted by Gasteiger charge is -2.06. The fourth-order valence-electron chi connectivity index (χ4n) is 1.91. The van der Waals surface area contributed by atoms with Gasteiger partial charge in [0.05, 0.1) is 12.1 Å². The van der Waals surface area contributed by atoms with Crippen LogP contribution in [-0.4, -0.2) is 20.8 Å². The average molecular weight is 259 g/mol. The van der Waals surface area contributed by atoms with Crippen LogP contribution in [0.15, 0.2) is 30.5 Å². The van der Waals surface area contributed by atoms with Crippen molar-refractivity contribution in [3.8, 4) is 5.75 Å². The molecule has 2 N–H and O–H groups in total. The number of para-hydroxylation sites is 1. The summed E-state index contributed by atoms with van der Waals surface area (Å²) in [4.78, 5) is 11.8. The molecule has 5 nitrogen and oxygen atoms in total. The molecule has 100 valence electrons. The Labute approximate surface area is 111 Å². The van der Waals surface area contributed by atoms with Crippen molar-refractivity contribution in [1.82, 2.24) is 15.1 Å². The number of carbonyl (C=O) groups excluding carboxylic acids is 1. The van der Waals surface area contributed by atoms with Crippen LogP contribution < -0.4 is 5.32 Å². The first kappa shape index (κ1) is 13.1. The van der Waals surface area contributed by atoms with Gasteiger partial charge in [0.25, 0.3) is 0 Å². The molecular weight excluding hydrogens is 242 g/mol. The smallest absolute Gasteiger partial charge is 0.224 e. The second-order valence-corrected chi connectivity index (χ2v) is 4.50. The van der Waals surface area contributed by atoms with Gasteiger partial charge in [-0.15, -0.1) is 0 Å². The number of carbonyl (C=O) groups is 1. The lowest BCUT2D eigenvalue weighted by atomic mass is 10.1. The molecule has 1 aromatic heterocycles. The SMILES string of the molecule is Cc1nn(C)cc1CNC(=O)Cc1ccccc1O. The van der Waals surface area contributed by atoms with E-state index in [9.17, 15) is 9.90 Å². The zero-order valence-corrected chi connectivity index (χ0v) is 11.1. The molecule has 1 amide bonds. The van der Waals surface area contributed by atoms with E-state index in [2.05, 4.69) is 10.4 Å². The van der Waals surface area contributed by atoms with E-state index in [0.29, 0.717) is 12.1 Å². The molecular formula is C14H17N3O2. The maximum Gasteiger partial charge on any atom is 0.224 e. The van der Waals surface area contributed by atoms with Gasteiger partial charge in [0.2, 0.25) is 5.91 Å². The van der Waals surface area contributed by atoms with E-state index in [-0.39, 0.29) is 18.1 Å². The predicted molar refractivity (Wildman–Crippen MR) is 71.6 cm³/mol. The minimum atomic E-state index is -0.121. The number of aromatic nitrogens is 2. The van der Waals surface area contributed by atoms with Crippen LogP contribution in [0, 0.1) is 6.92 Å². The fourth-order valence-corrected chi connectivity index (χ4v) is 1.91. The van der Waals surface area contributed by atoms with E-state index < -0.39 is 0 Å². The Morgan fingerprint density at radius 2 is 2.11 bits per heavy atom. The first-order chi connectivity index (χ1) is 9.06. The summed E-state index contributed by atoms with van der Waals surface area (Å²) in [7, 11) is 1.85. The molecule has 0 aliphatic heterocycles. The van der Waals surface area contributed by atoms with Gasteiger partial charge in [0.1, 0.15) is 5.75 Å². The lowest BCUT2D eigenvalue weighted by molar-refractivity contribution is -0.120. The monoisotopic (exact) mass is 259 g/mol. The van der Waals surface area contributed by atoms with Crippen molar-refractivity contribution in [1.29, 1.82) is 0 Å². The van der Waals surface area contributed by atoms with E-state index >= 15 is 0 Å². The number of hydrogen-bond donors (Lipinski definition) is 2. The molecule has 0 saturated carbocycles. The Morgan fingerprint density at radius 1 is 1.37 bits per heavy atom. The number of amides is 1. The van der Waals surface area contributed by atoms with Crippen LogP contribution in [0.3, 0.4) is 0 Å². The van der Waals surface area contributed by atoms with Gasteiger partial charge in [-0.25, -0.2) is 0 Å². The van der Waals surface area contributed by atoms with Gasteiger partial charge >= 0.3 is 0 Å². The Morgan fingerprint density at radius 3 is 2.74 bits per heavy atom. The standard InChI is InChI=1S/C14H17N3O2/c1-10-12(9-17(2)16-10)8-15-14(19)7-11-5-3-4-6-13(11)18/h3-6,9,18H,7-8H2,1-2H3,(H,15,19). The number of benzene rings is 1. The highest BCUT2D eigenvalue weighted by molar-refractivity contribution is 5.79. The van der Waals surface area contributed by atoms with Crippen LogP contribution >= 0.6 is 0 Å². The van der Waals surface area contributed by atoms with Gasteiger partial charge in [-0.1, -0.05) is 18.2 Å². The summed E-state index contributed by atoms with van der Waals surface area (Å²) < 4.78 is 1.72. The molecule has 0 aliphatic carbocycles. The predicted octanol–water partition coefficient (Wildman–Crippen LogP) is 1.29. The van der Waals surface area contributed by atoms with Crippen molar-refractivity contribution in [2.45, 2.75) is 19.9 Å². The second kappa shape index (κ2) is 5.56. The lowest BCUT2D eigenvalue weighted by Crippen LogP contribution is -2.24. The Balaban J connectivity index is 1.92. The van der Waals surface area contributed by atoms with Crippen LogP contribution in [0.1, 0.15) is 16.8 Å². The average Bonchev–Trinajstić information content (AvgIpc) is 2.68. The quantitative estimate of drug-likeness (QED) is 0.869. The molecule has 2 aromatic rings. The minimum absolute atomic E-state index is 0.121. The van der Waals surface area contributed by atoms with Crippen LogP contribution in [0.25, 0.3) is 0 Å². The summed E-state index contributed by atoms with van der Waals surface area (Å²) >= 11 is 0. The van der Waals surface area contributed by atoms with Crippen LogP contribution in [0.4, 0.5) is 0 Å². The van der Waals surface area contributed by atoms with E-state index in [1.165, 1.54) is 0 Å². The summed E-state index contributed by atoms with van der Waals surface area (Å²) in [5.41, 5.74) is 2.53. The zero-order valence-electron chi connectivity index (χ0n) is 11.1. The number of aromatic hydroxyl groups is 1. The maximum atomic E-state index is 11.8. The van der Waals surface area contributed by atoms with Crippen LogP contribution in [0.2, 0.25) is 0 Å². The van der Waals surface area contributed by atoms with Crippen molar-refractivity contribution >= 4 is 5.91 Å². The first-order valence-corrected chi connectivity index (χ1v) is 6.09. The summed E-state index contributed by atoms with van der Waals surface area (Å²) in [5.74, 6) is 0.0277. The van der Waals surface area contributed by atoms with E-state index in [1.54, 1.807) is 28.9 Å². The van der Waals surface area contributed by atoms with Crippen molar-refractivity contribution in [3.05, 3.63) is 47.3 Å². The molecule has 0 fully saturated rings. The Kier molecular flexibility index (Phi) is 3.85. The molecule has 0 spiro atoms. The van der Waals surface area contributed by atoms with Gasteiger partial charge in [-0.05, 0) is 13.0 Å². The first-order valence-electron chi connectivity index (χ1n) is 6.09. The molecule has 0 aliphatic rings. The number of nitrogens with one attached hydrogen (secondary N) is 1. The van der Waals surface area contributed by atoms with Crippen LogP contribution in [0.5, 0.6) is 5.75 Å². The largest absolute Gasteiger partial charge is 0.508 e. The molecule has 19 heavy (non-hydrogen) atoms. The summed E-state index contributed by atoms with van der Waals surface area (Å²) in [5, 5.41) is 16.6. The molecule has 1 aromatic carbocycles. The number of nitrogens with zero attached hydrogens (tertiary/aromatic N) is 2. The third-order valence-electron chi connectivity index (χ3n) is 2.93. The maximum absolute atomic E-state index is 11.8.